The van der Waals surface area contributed by atoms with Crippen LogP contribution in [0.1, 0.15) is 149 Å². The summed E-state index contributed by atoms with van der Waals surface area (Å²) in [5.41, 5.74) is 0. The lowest BCUT2D eigenvalue weighted by Crippen LogP contribution is -2.38. The van der Waals surface area contributed by atoms with Crippen LogP contribution < -0.4 is 0 Å². The topological polar surface area (TPSA) is 81.0 Å². The maximum Gasteiger partial charge on any atom is 0.303 e. The maximum atomic E-state index is 10.8. The molecule has 0 spiro atoms. The van der Waals surface area contributed by atoms with E-state index in [1.54, 1.807) is 0 Å². The van der Waals surface area contributed by atoms with Gasteiger partial charge in [0, 0.05) is 19.5 Å². The number of nitrogens with zero attached hydrogens (tertiary/aromatic N) is 1. The summed E-state index contributed by atoms with van der Waals surface area (Å²) < 4.78 is 0. The van der Waals surface area contributed by atoms with E-state index in [0.717, 1.165) is 38.6 Å². The summed E-state index contributed by atoms with van der Waals surface area (Å²) in [6.07, 6.45) is 22.7. The van der Waals surface area contributed by atoms with Gasteiger partial charge in [-0.1, -0.05) is 117 Å². The number of carboxylic acid groups (broad SMARTS) is 1. The first-order valence-corrected chi connectivity index (χ1v) is 14.8. The van der Waals surface area contributed by atoms with Crippen LogP contribution in [0, 0.1) is 0 Å². The van der Waals surface area contributed by atoms with Gasteiger partial charge in [0.1, 0.15) is 0 Å². The summed E-state index contributed by atoms with van der Waals surface area (Å²) in [7, 11) is 0. The minimum atomic E-state index is -0.754. The van der Waals surface area contributed by atoms with Gasteiger partial charge in [-0.2, -0.15) is 0 Å². The van der Waals surface area contributed by atoms with Gasteiger partial charge in [-0.25, -0.2) is 0 Å². The lowest BCUT2D eigenvalue weighted by molar-refractivity contribution is -0.137. The first-order valence-electron chi connectivity index (χ1n) is 14.8. The molecular formula is C29H59NO4. The molecule has 0 radical (unpaired) electrons. The molecule has 0 aliphatic heterocycles. The minimum Gasteiger partial charge on any atom is -0.481 e. The highest BCUT2D eigenvalue weighted by atomic mass is 16.4. The largest absolute Gasteiger partial charge is 0.481 e. The number of carboxylic acids is 1. The number of aliphatic hydroxyl groups is 2. The molecule has 3 N–H and O–H groups in total. The average molecular weight is 486 g/mol. The van der Waals surface area contributed by atoms with Gasteiger partial charge in [-0.15, -0.1) is 0 Å². The van der Waals surface area contributed by atoms with E-state index in [0.29, 0.717) is 19.5 Å². The Morgan fingerprint density at radius 3 is 1.35 bits per heavy atom. The first kappa shape index (κ1) is 33.4. The van der Waals surface area contributed by atoms with Crippen molar-refractivity contribution in [3.63, 3.8) is 0 Å². The average Bonchev–Trinajstić information content (AvgIpc) is 2.80. The number of rotatable bonds is 27. The molecule has 0 aliphatic rings. The zero-order chi connectivity index (χ0) is 25.3. The Labute approximate surface area is 211 Å². The molecule has 0 amide bonds. The monoisotopic (exact) mass is 485 g/mol. The fourth-order valence-electron chi connectivity index (χ4n) is 4.68. The van der Waals surface area contributed by atoms with Gasteiger partial charge < -0.3 is 15.3 Å². The first-order chi connectivity index (χ1) is 16.5. The van der Waals surface area contributed by atoms with Crippen LogP contribution in [0.4, 0.5) is 0 Å². The van der Waals surface area contributed by atoms with Crippen molar-refractivity contribution in [2.45, 2.75) is 161 Å². The van der Waals surface area contributed by atoms with E-state index in [2.05, 4.69) is 18.7 Å². The van der Waals surface area contributed by atoms with Crippen molar-refractivity contribution >= 4 is 5.97 Å². The van der Waals surface area contributed by atoms with Gasteiger partial charge in [0.25, 0.3) is 0 Å². The van der Waals surface area contributed by atoms with Crippen LogP contribution in [0.2, 0.25) is 0 Å². The molecule has 0 saturated heterocycles. The summed E-state index contributed by atoms with van der Waals surface area (Å²) in [5, 5.41) is 30.0. The van der Waals surface area contributed by atoms with Crippen LogP contribution in [0.15, 0.2) is 0 Å². The van der Waals surface area contributed by atoms with Crippen LogP contribution >= 0.6 is 0 Å². The number of aliphatic carboxylic acids is 1. The normalized spacial score (nSPS) is 13.4. The van der Waals surface area contributed by atoms with Gasteiger partial charge in [0.2, 0.25) is 0 Å². The molecule has 5 nitrogen and oxygen atoms in total. The molecule has 0 fully saturated rings. The quantitative estimate of drug-likeness (QED) is 0.106. The molecule has 0 saturated carbocycles. The summed E-state index contributed by atoms with van der Waals surface area (Å²) >= 11 is 0. The van der Waals surface area contributed by atoms with Gasteiger partial charge in [-0.05, 0) is 32.2 Å². The molecule has 0 aliphatic carbocycles. The summed E-state index contributed by atoms with van der Waals surface area (Å²) in [6.45, 7) is 6.39. The molecule has 0 heterocycles. The van der Waals surface area contributed by atoms with E-state index < -0.39 is 5.97 Å². The number of carbonyl (C=O) groups is 1. The van der Waals surface area contributed by atoms with E-state index in [-0.39, 0.29) is 18.6 Å². The Kier molecular flexibility index (Phi) is 25.0. The van der Waals surface area contributed by atoms with Crippen LogP contribution in [-0.2, 0) is 4.79 Å². The fourth-order valence-corrected chi connectivity index (χ4v) is 4.68. The zero-order valence-electron chi connectivity index (χ0n) is 22.8. The van der Waals surface area contributed by atoms with E-state index in [1.165, 1.54) is 89.9 Å². The second kappa shape index (κ2) is 25.4. The SMILES string of the molecule is CCCCCCCCCCC(O)CN(CCCCC(=O)O)CC(O)CCCCCCCCCC. The van der Waals surface area contributed by atoms with Gasteiger partial charge in [0.15, 0.2) is 0 Å². The third-order valence-electron chi connectivity index (χ3n) is 6.83. The predicted molar refractivity (Wildman–Crippen MR) is 144 cm³/mol. The Morgan fingerprint density at radius 2 is 0.971 bits per heavy atom. The number of hydrogen-bond donors (Lipinski definition) is 3. The number of unbranched alkanes of at least 4 members (excludes halogenated alkanes) is 15. The van der Waals surface area contributed by atoms with E-state index in [1.807, 2.05) is 0 Å². The summed E-state index contributed by atoms with van der Waals surface area (Å²) in [4.78, 5) is 13.0. The van der Waals surface area contributed by atoms with Crippen molar-refractivity contribution in [3.05, 3.63) is 0 Å². The third-order valence-corrected chi connectivity index (χ3v) is 6.83. The van der Waals surface area contributed by atoms with Crippen molar-refractivity contribution in [3.8, 4) is 0 Å². The predicted octanol–water partition coefficient (Wildman–Crippen LogP) is 7.33. The Bertz CT molecular complexity index is 404. The Balaban J connectivity index is 4.13. The maximum absolute atomic E-state index is 10.8. The van der Waals surface area contributed by atoms with Gasteiger partial charge in [-0.3, -0.25) is 9.69 Å². The molecule has 0 aromatic carbocycles. The second-order valence-corrected chi connectivity index (χ2v) is 10.4. The zero-order valence-corrected chi connectivity index (χ0v) is 22.8. The molecule has 34 heavy (non-hydrogen) atoms. The minimum absolute atomic E-state index is 0.190. The summed E-state index contributed by atoms with van der Waals surface area (Å²) in [5.74, 6) is -0.754. The molecule has 0 aromatic heterocycles. The molecule has 0 bridgehead atoms. The highest BCUT2D eigenvalue weighted by Crippen LogP contribution is 2.14. The van der Waals surface area contributed by atoms with Crippen LogP contribution in [-0.4, -0.2) is 58.0 Å². The van der Waals surface area contributed by atoms with Crippen molar-refractivity contribution in [2.24, 2.45) is 0 Å². The highest BCUT2D eigenvalue weighted by molar-refractivity contribution is 5.66. The van der Waals surface area contributed by atoms with Crippen molar-refractivity contribution in [1.29, 1.82) is 0 Å². The van der Waals surface area contributed by atoms with E-state index in [4.69, 9.17) is 5.11 Å². The van der Waals surface area contributed by atoms with Crippen LogP contribution in [0.25, 0.3) is 0 Å². The molecule has 204 valence electrons. The van der Waals surface area contributed by atoms with Crippen molar-refractivity contribution < 1.29 is 20.1 Å². The van der Waals surface area contributed by atoms with Gasteiger partial charge in [0.05, 0.1) is 12.2 Å². The molecule has 0 aromatic rings. The lowest BCUT2D eigenvalue weighted by Gasteiger charge is -2.27. The van der Waals surface area contributed by atoms with Crippen molar-refractivity contribution in [1.82, 2.24) is 4.90 Å². The molecule has 2 unspecified atom stereocenters. The second-order valence-electron chi connectivity index (χ2n) is 10.4. The summed E-state index contributed by atoms with van der Waals surface area (Å²) in [6, 6.07) is 0. The van der Waals surface area contributed by atoms with Crippen molar-refractivity contribution in [2.75, 3.05) is 19.6 Å². The van der Waals surface area contributed by atoms with Crippen LogP contribution in [0.3, 0.4) is 0 Å². The number of hydrogen-bond acceptors (Lipinski definition) is 4. The highest BCUT2D eigenvalue weighted by Gasteiger charge is 2.16. The third kappa shape index (κ3) is 24.5. The molecule has 5 heteroatoms. The lowest BCUT2D eigenvalue weighted by atomic mass is 10.0. The van der Waals surface area contributed by atoms with E-state index >= 15 is 0 Å². The van der Waals surface area contributed by atoms with E-state index in [9.17, 15) is 15.0 Å². The van der Waals surface area contributed by atoms with Gasteiger partial charge >= 0.3 is 5.97 Å². The molecular weight excluding hydrogens is 426 g/mol. The van der Waals surface area contributed by atoms with Crippen LogP contribution in [0.5, 0.6) is 0 Å². The fraction of sp³-hybridized carbons (Fsp3) is 0.966. The molecule has 2 atom stereocenters. The molecule has 0 rings (SSSR count). The standard InChI is InChI=1S/C29H59NO4/c1-3-5-7-9-11-13-15-17-21-27(31)25-30(24-20-19-23-29(33)34)26-28(32)22-18-16-14-12-10-8-6-4-2/h27-28,31-32H,3-26H2,1-2H3,(H,33,34). The Hall–Kier alpha value is -0.650. The smallest absolute Gasteiger partial charge is 0.303 e. The number of aliphatic hydroxyl groups excluding tert-OH is 2. The Morgan fingerprint density at radius 1 is 0.588 bits per heavy atom.